The number of nitrogens with zero attached hydrogens (tertiary/aromatic N) is 2. The Hall–Kier alpha value is -1.22. The molecule has 0 atom stereocenters. The molecule has 3 heteroatoms. The van der Waals surface area contributed by atoms with Crippen molar-refractivity contribution in [1.82, 2.24) is 4.90 Å². The van der Waals surface area contributed by atoms with Gasteiger partial charge in [0.25, 0.3) is 0 Å². The molecule has 0 unspecified atom stereocenters. The Morgan fingerprint density at radius 2 is 1.81 bits per heavy atom. The molecule has 0 fully saturated rings. The molecule has 0 heterocycles. The first-order valence-corrected chi connectivity index (χ1v) is 5.55. The summed E-state index contributed by atoms with van der Waals surface area (Å²) in [5, 5.41) is 0. The molecule has 0 aliphatic rings. The molecule has 0 aliphatic carbocycles. The number of rotatable bonds is 5. The van der Waals surface area contributed by atoms with E-state index in [1.807, 2.05) is 0 Å². The molecule has 0 radical (unpaired) electrons. The van der Waals surface area contributed by atoms with Crippen LogP contribution in [-0.4, -0.2) is 46.2 Å². The number of benzene rings is 1. The normalized spacial score (nSPS) is 10.6. The number of ether oxygens (including phenoxy) is 1. The van der Waals surface area contributed by atoms with Crippen molar-refractivity contribution in [2.45, 2.75) is 6.92 Å². The lowest BCUT2D eigenvalue weighted by atomic mass is 10.2. The van der Waals surface area contributed by atoms with Crippen molar-refractivity contribution < 1.29 is 4.74 Å². The van der Waals surface area contributed by atoms with Crippen LogP contribution >= 0.6 is 0 Å². The number of likely N-dealkylation sites (N-methyl/N-ethyl adjacent to an activating group) is 2. The van der Waals surface area contributed by atoms with E-state index in [9.17, 15) is 0 Å². The molecule has 0 bridgehead atoms. The van der Waals surface area contributed by atoms with Crippen LogP contribution in [0.2, 0.25) is 0 Å². The van der Waals surface area contributed by atoms with Gasteiger partial charge in [0.2, 0.25) is 0 Å². The lowest BCUT2D eigenvalue weighted by Gasteiger charge is -2.22. The van der Waals surface area contributed by atoms with Crippen LogP contribution in [0, 0.1) is 6.92 Å². The van der Waals surface area contributed by atoms with E-state index >= 15 is 0 Å². The van der Waals surface area contributed by atoms with Crippen LogP contribution in [0.3, 0.4) is 0 Å². The van der Waals surface area contributed by atoms with Gasteiger partial charge in [0.05, 0.1) is 7.11 Å². The highest BCUT2D eigenvalue weighted by Gasteiger charge is 2.04. The van der Waals surface area contributed by atoms with Crippen LogP contribution in [0.5, 0.6) is 5.75 Å². The zero-order chi connectivity index (χ0) is 12.1. The molecule has 1 aromatic rings. The van der Waals surface area contributed by atoms with Crippen molar-refractivity contribution in [2.24, 2.45) is 0 Å². The SMILES string of the molecule is COc1cc(N(C)CCN(C)C)ccc1C. The van der Waals surface area contributed by atoms with Crippen molar-refractivity contribution >= 4 is 5.69 Å². The lowest BCUT2D eigenvalue weighted by Crippen LogP contribution is -2.28. The number of anilines is 1. The molecule has 0 spiro atoms. The predicted octanol–water partition coefficient (Wildman–Crippen LogP) is 2.00. The third-order valence-electron chi connectivity index (χ3n) is 2.72. The zero-order valence-corrected chi connectivity index (χ0v) is 10.9. The van der Waals surface area contributed by atoms with E-state index in [1.165, 1.54) is 11.3 Å². The average molecular weight is 222 g/mol. The van der Waals surface area contributed by atoms with Crippen molar-refractivity contribution in [2.75, 3.05) is 46.2 Å². The van der Waals surface area contributed by atoms with Gasteiger partial charge >= 0.3 is 0 Å². The van der Waals surface area contributed by atoms with Gasteiger partial charge in [0.15, 0.2) is 0 Å². The third kappa shape index (κ3) is 3.42. The molecule has 0 saturated carbocycles. The van der Waals surface area contributed by atoms with Crippen molar-refractivity contribution in [3.05, 3.63) is 23.8 Å². The van der Waals surface area contributed by atoms with Crippen LogP contribution < -0.4 is 9.64 Å². The Bertz CT molecular complexity index is 337. The summed E-state index contributed by atoms with van der Waals surface area (Å²) in [4.78, 5) is 4.42. The van der Waals surface area contributed by atoms with Gasteiger partial charge < -0.3 is 14.5 Å². The van der Waals surface area contributed by atoms with E-state index in [-0.39, 0.29) is 0 Å². The monoisotopic (exact) mass is 222 g/mol. The van der Waals surface area contributed by atoms with Crippen LogP contribution in [0.4, 0.5) is 5.69 Å². The van der Waals surface area contributed by atoms with Crippen molar-refractivity contribution in [1.29, 1.82) is 0 Å². The molecule has 16 heavy (non-hydrogen) atoms. The fourth-order valence-electron chi connectivity index (χ4n) is 1.53. The number of aryl methyl sites for hydroxylation is 1. The fraction of sp³-hybridized carbons (Fsp3) is 0.538. The van der Waals surface area contributed by atoms with Crippen LogP contribution in [0.25, 0.3) is 0 Å². The molecule has 0 N–H and O–H groups in total. The largest absolute Gasteiger partial charge is 0.496 e. The summed E-state index contributed by atoms with van der Waals surface area (Å²) < 4.78 is 5.32. The van der Waals surface area contributed by atoms with Gasteiger partial charge in [-0.15, -0.1) is 0 Å². The van der Waals surface area contributed by atoms with E-state index in [0.717, 1.165) is 18.8 Å². The molecule has 0 aliphatic heterocycles. The highest BCUT2D eigenvalue weighted by atomic mass is 16.5. The first kappa shape index (κ1) is 12.8. The molecular formula is C13H22N2O. The molecule has 3 nitrogen and oxygen atoms in total. The van der Waals surface area contributed by atoms with Gasteiger partial charge in [-0.05, 0) is 32.6 Å². The summed E-state index contributed by atoms with van der Waals surface area (Å²) in [6.07, 6.45) is 0. The van der Waals surface area contributed by atoms with Crippen molar-refractivity contribution in [3.8, 4) is 5.75 Å². The molecular weight excluding hydrogens is 200 g/mol. The van der Waals surface area contributed by atoms with Crippen LogP contribution in [-0.2, 0) is 0 Å². The summed E-state index contributed by atoms with van der Waals surface area (Å²) >= 11 is 0. The predicted molar refractivity (Wildman–Crippen MR) is 69.6 cm³/mol. The van der Waals surface area contributed by atoms with Gasteiger partial charge in [0, 0.05) is 31.9 Å². The Labute approximate surface area is 98.6 Å². The van der Waals surface area contributed by atoms with Gasteiger partial charge in [-0.25, -0.2) is 0 Å². The quantitative estimate of drug-likeness (QED) is 0.758. The molecule has 90 valence electrons. The Morgan fingerprint density at radius 3 is 2.38 bits per heavy atom. The Morgan fingerprint density at radius 1 is 1.12 bits per heavy atom. The minimum Gasteiger partial charge on any atom is -0.496 e. The molecule has 1 aromatic carbocycles. The summed E-state index contributed by atoms with van der Waals surface area (Å²) in [6.45, 7) is 4.12. The maximum atomic E-state index is 5.32. The van der Waals surface area contributed by atoms with Gasteiger partial charge in [-0.2, -0.15) is 0 Å². The fourth-order valence-corrected chi connectivity index (χ4v) is 1.53. The number of hydrogen-bond donors (Lipinski definition) is 0. The highest BCUT2D eigenvalue weighted by molar-refractivity contribution is 5.53. The standard InChI is InChI=1S/C13H22N2O/c1-11-6-7-12(10-13(11)16-5)15(4)9-8-14(2)3/h6-7,10H,8-9H2,1-5H3. The van der Waals surface area contributed by atoms with Gasteiger partial charge in [0.1, 0.15) is 5.75 Å². The van der Waals surface area contributed by atoms with E-state index in [0.29, 0.717) is 0 Å². The Kier molecular flexibility index (Phi) is 4.62. The van der Waals surface area contributed by atoms with E-state index in [4.69, 9.17) is 4.74 Å². The highest BCUT2D eigenvalue weighted by Crippen LogP contribution is 2.24. The lowest BCUT2D eigenvalue weighted by molar-refractivity contribution is 0.410. The molecule has 0 amide bonds. The smallest absolute Gasteiger partial charge is 0.123 e. The minimum atomic E-state index is 0.953. The first-order chi connectivity index (χ1) is 7.54. The first-order valence-electron chi connectivity index (χ1n) is 5.55. The average Bonchev–Trinajstić information content (AvgIpc) is 2.26. The summed E-state index contributed by atoms with van der Waals surface area (Å²) in [5.41, 5.74) is 2.37. The molecule has 0 aromatic heterocycles. The topological polar surface area (TPSA) is 15.7 Å². The van der Waals surface area contributed by atoms with Crippen molar-refractivity contribution in [3.63, 3.8) is 0 Å². The second kappa shape index (κ2) is 5.75. The van der Waals surface area contributed by atoms with E-state index in [1.54, 1.807) is 7.11 Å². The third-order valence-corrected chi connectivity index (χ3v) is 2.72. The number of hydrogen-bond acceptors (Lipinski definition) is 3. The summed E-state index contributed by atoms with van der Waals surface area (Å²) in [7, 11) is 7.99. The Balaban J connectivity index is 2.72. The van der Waals surface area contributed by atoms with Gasteiger partial charge in [-0.3, -0.25) is 0 Å². The van der Waals surface area contributed by atoms with Gasteiger partial charge in [-0.1, -0.05) is 6.07 Å². The van der Waals surface area contributed by atoms with Crippen LogP contribution in [0.15, 0.2) is 18.2 Å². The second-order valence-electron chi connectivity index (χ2n) is 4.38. The number of methoxy groups -OCH3 is 1. The second-order valence-corrected chi connectivity index (χ2v) is 4.38. The molecule has 0 saturated heterocycles. The zero-order valence-electron chi connectivity index (χ0n) is 10.9. The summed E-state index contributed by atoms with van der Waals surface area (Å²) in [6, 6.07) is 6.32. The maximum absolute atomic E-state index is 5.32. The minimum absolute atomic E-state index is 0.953. The van der Waals surface area contributed by atoms with E-state index in [2.05, 4.69) is 56.1 Å². The maximum Gasteiger partial charge on any atom is 0.123 e. The van der Waals surface area contributed by atoms with E-state index < -0.39 is 0 Å². The van der Waals surface area contributed by atoms with Crippen LogP contribution in [0.1, 0.15) is 5.56 Å². The summed E-state index contributed by atoms with van der Waals surface area (Å²) in [5.74, 6) is 0.953. The molecule has 1 rings (SSSR count).